The topological polar surface area (TPSA) is 130 Å². The molecule has 0 fully saturated rings. The Balaban J connectivity index is 1.40. The molecule has 3 amide bonds. The van der Waals surface area contributed by atoms with Gasteiger partial charge in [-0.25, -0.2) is 0 Å². The fraction of sp³-hybridized carbons (Fsp3) is 0.0645. The number of non-ortho nitro benzene ring substituents is 1. The van der Waals surface area contributed by atoms with Crippen LogP contribution >= 0.6 is 23.4 Å². The monoisotopic (exact) mass is 600 g/mol. The lowest BCUT2D eigenvalue weighted by Crippen LogP contribution is -2.30. The highest BCUT2D eigenvalue weighted by atomic mass is 35.5. The summed E-state index contributed by atoms with van der Waals surface area (Å²) < 4.78 is 0. The number of anilines is 2. The minimum Gasteiger partial charge on any atom is -0.325 e. The second-order valence-electron chi connectivity index (χ2n) is 8.97. The van der Waals surface area contributed by atoms with Crippen LogP contribution in [0.25, 0.3) is 6.08 Å². The first-order valence-corrected chi connectivity index (χ1v) is 14.0. The third-order valence-electron chi connectivity index (χ3n) is 5.92. The van der Waals surface area contributed by atoms with E-state index < -0.39 is 16.7 Å². The van der Waals surface area contributed by atoms with Crippen LogP contribution in [0, 0.1) is 17.0 Å². The van der Waals surface area contributed by atoms with Gasteiger partial charge >= 0.3 is 0 Å². The van der Waals surface area contributed by atoms with E-state index in [1.165, 1.54) is 30.0 Å². The molecule has 0 atom stereocenters. The number of hydrogen-bond acceptors (Lipinski definition) is 6. The Kier molecular flexibility index (Phi) is 10.1. The van der Waals surface area contributed by atoms with Crippen LogP contribution in [0.2, 0.25) is 5.02 Å². The van der Waals surface area contributed by atoms with Gasteiger partial charge in [0.15, 0.2) is 0 Å². The molecule has 0 unspecified atom stereocenters. The van der Waals surface area contributed by atoms with Gasteiger partial charge in [-0.1, -0.05) is 54.1 Å². The quantitative estimate of drug-likeness (QED) is 0.0804. The number of carbonyl (C=O) groups is 3. The number of halogens is 1. The van der Waals surface area contributed by atoms with Crippen LogP contribution in [0.5, 0.6) is 0 Å². The molecule has 0 aliphatic heterocycles. The highest BCUT2D eigenvalue weighted by molar-refractivity contribution is 8.00. The second-order valence-corrected chi connectivity index (χ2v) is 10.4. The van der Waals surface area contributed by atoms with Gasteiger partial charge in [-0.3, -0.25) is 24.5 Å². The lowest BCUT2D eigenvalue weighted by atomic mass is 10.1. The Morgan fingerprint density at radius 1 is 0.905 bits per heavy atom. The maximum absolute atomic E-state index is 13.2. The van der Waals surface area contributed by atoms with Gasteiger partial charge in [0, 0.05) is 33.3 Å². The Labute approximate surface area is 251 Å². The number of nitro groups is 1. The van der Waals surface area contributed by atoms with Gasteiger partial charge in [0.25, 0.3) is 17.5 Å². The predicted octanol–water partition coefficient (Wildman–Crippen LogP) is 6.70. The average molecular weight is 601 g/mol. The van der Waals surface area contributed by atoms with Gasteiger partial charge in [0.05, 0.1) is 16.4 Å². The Hall–Kier alpha value is -4.93. The van der Waals surface area contributed by atoms with Crippen LogP contribution < -0.4 is 16.0 Å². The van der Waals surface area contributed by atoms with E-state index in [2.05, 4.69) is 16.0 Å². The zero-order valence-corrected chi connectivity index (χ0v) is 23.9. The molecule has 3 N–H and O–H groups in total. The lowest BCUT2D eigenvalue weighted by molar-refractivity contribution is -0.384. The predicted molar refractivity (Wildman–Crippen MR) is 166 cm³/mol. The minimum atomic E-state index is -0.550. The molecule has 4 aromatic rings. The number of hydrogen-bond donors (Lipinski definition) is 3. The molecule has 0 aliphatic rings. The molecule has 0 aromatic heterocycles. The zero-order chi connectivity index (χ0) is 30.1. The van der Waals surface area contributed by atoms with E-state index in [1.54, 1.807) is 91.9 Å². The van der Waals surface area contributed by atoms with Crippen LogP contribution in [0.15, 0.2) is 108 Å². The summed E-state index contributed by atoms with van der Waals surface area (Å²) in [5.41, 5.74) is 2.41. The molecule has 0 bridgehead atoms. The summed E-state index contributed by atoms with van der Waals surface area (Å²) in [6, 6.07) is 26.6. The van der Waals surface area contributed by atoms with Gasteiger partial charge in [-0.15, -0.1) is 11.8 Å². The summed E-state index contributed by atoms with van der Waals surface area (Å²) in [7, 11) is 0. The second kappa shape index (κ2) is 14.1. The van der Waals surface area contributed by atoms with E-state index in [4.69, 9.17) is 11.6 Å². The molecule has 4 aromatic carbocycles. The van der Waals surface area contributed by atoms with Crippen LogP contribution in [-0.2, 0) is 9.59 Å². The lowest BCUT2D eigenvalue weighted by Gasteiger charge is -2.12. The molecule has 212 valence electrons. The van der Waals surface area contributed by atoms with Crippen molar-refractivity contribution in [3.05, 3.63) is 135 Å². The third kappa shape index (κ3) is 8.29. The number of nitro benzene ring substituents is 1. The highest BCUT2D eigenvalue weighted by Gasteiger charge is 2.16. The number of carbonyl (C=O) groups excluding carboxylic acids is 3. The standard InChI is InChI=1S/C31H25ClN4O5S/c1-20-11-14-24(36(40)41)18-27(20)34-29(37)19-42-25-15-12-23(13-16-25)33-31(39)28(17-22-9-5-6-10-26(22)32)35-30(38)21-7-3-2-4-8-21/h2-18H,19H2,1H3,(H,33,39)(H,34,37)(H,35,38)/b28-17-. The summed E-state index contributed by atoms with van der Waals surface area (Å²) in [4.78, 5) is 49.8. The molecule has 9 nitrogen and oxygen atoms in total. The van der Waals surface area contributed by atoms with Gasteiger partial charge in [-0.2, -0.15) is 0 Å². The summed E-state index contributed by atoms with van der Waals surface area (Å²) in [6.45, 7) is 1.75. The number of aryl methyl sites for hydroxylation is 1. The summed E-state index contributed by atoms with van der Waals surface area (Å²) in [6.07, 6.45) is 1.50. The van der Waals surface area contributed by atoms with Crippen molar-refractivity contribution < 1.29 is 19.3 Å². The maximum atomic E-state index is 13.2. The van der Waals surface area contributed by atoms with Gasteiger partial charge in [0.1, 0.15) is 5.70 Å². The van der Waals surface area contributed by atoms with Gasteiger partial charge < -0.3 is 16.0 Å². The number of amides is 3. The van der Waals surface area contributed by atoms with E-state index in [9.17, 15) is 24.5 Å². The zero-order valence-electron chi connectivity index (χ0n) is 22.3. The molecule has 11 heteroatoms. The number of rotatable bonds is 10. The summed E-state index contributed by atoms with van der Waals surface area (Å²) in [5.74, 6) is -1.24. The molecular weight excluding hydrogens is 576 g/mol. The number of benzene rings is 4. The largest absolute Gasteiger partial charge is 0.325 e. The van der Waals surface area contributed by atoms with Crippen molar-refractivity contribution in [2.45, 2.75) is 11.8 Å². The van der Waals surface area contributed by atoms with Crippen molar-refractivity contribution in [3.63, 3.8) is 0 Å². The van der Waals surface area contributed by atoms with Crippen molar-refractivity contribution in [2.75, 3.05) is 16.4 Å². The van der Waals surface area contributed by atoms with Crippen molar-refractivity contribution in [2.24, 2.45) is 0 Å². The van der Waals surface area contributed by atoms with E-state index >= 15 is 0 Å². The summed E-state index contributed by atoms with van der Waals surface area (Å²) in [5, 5.41) is 19.6. The number of thioether (sulfide) groups is 1. The number of nitrogens with one attached hydrogen (secondary N) is 3. The van der Waals surface area contributed by atoms with Crippen LogP contribution in [0.4, 0.5) is 17.1 Å². The maximum Gasteiger partial charge on any atom is 0.272 e. The van der Waals surface area contributed by atoms with Crippen molar-refractivity contribution in [3.8, 4) is 0 Å². The van der Waals surface area contributed by atoms with Crippen LogP contribution in [0.3, 0.4) is 0 Å². The molecule has 0 saturated heterocycles. The van der Waals surface area contributed by atoms with E-state index in [0.717, 1.165) is 4.90 Å². The van der Waals surface area contributed by atoms with Crippen molar-refractivity contribution in [1.29, 1.82) is 0 Å². The molecule has 0 saturated carbocycles. The first kappa shape index (κ1) is 30.0. The molecule has 0 aliphatic carbocycles. The average Bonchev–Trinajstić information content (AvgIpc) is 2.99. The minimum absolute atomic E-state index is 0.00326. The fourth-order valence-corrected chi connectivity index (χ4v) is 4.61. The van der Waals surface area contributed by atoms with Gasteiger partial charge in [0.2, 0.25) is 5.91 Å². The molecule has 0 heterocycles. The molecule has 4 rings (SSSR count). The molecular formula is C31H25ClN4O5S. The molecule has 0 spiro atoms. The molecule has 0 radical (unpaired) electrons. The SMILES string of the molecule is Cc1ccc([N+](=O)[O-])cc1NC(=O)CSc1ccc(NC(=O)/C(=C/c2ccccc2Cl)NC(=O)c2ccccc2)cc1. The Morgan fingerprint density at radius 2 is 1.60 bits per heavy atom. The number of nitrogens with zero attached hydrogens (tertiary/aromatic N) is 1. The van der Waals surface area contributed by atoms with E-state index in [0.29, 0.717) is 33.1 Å². The smallest absolute Gasteiger partial charge is 0.272 e. The first-order chi connectivity index (χ1) is 20.2. The highest BCUT2D eigenvalue weighted by Crippen LogP contribution is 2.24. The van der Waals surface area contributed by atoms with E-state index in [1.807, 2.05) is 0 Å². The van der Waals surface area contributed by atoms with Gasteiger partial charge in [-0.05, 0) is 66.6 Å². The summed E-state index contributed by atoms with van der Waals surface area (Å²) >= 11 is 7.55. The Bertz CT molecular complexity index is 1660. The first-order valence-electron chi connectivity index (χ1n) is 12.6. The third-order valence-corrected chi connectivity index (χ3v) is 7.28. The van der Waals surface area contributed by atoms with Crippen molar-refractivity contribution >= 4 is 64.2 Å². The van der Waals surface area contributed by atoms with Crippen LogP contribution in [0.1, 0.15) is 21.5 Å². The molecule has 42 heavy (non-hydrogen) atoms. The fourth-order valence-electron chi connectivity index (χ4n) is 3.72. The normalized spacial score (nSPS) is 11.0. The van der Waals surface area contributed by atoms with Crippen LogP contribution in [-0.4, -0.2) is 28.4 Å². The van der Waals surface area contributed by atoms with E-state index in [-0.39, 0.29) is 23.0 Å². The van der Waals surface area contributed by atoms with Crippen molar-refractivity contribution in [1.82, 2.24) is 5.32 Å². The Morgan fingerprint density at radius 3 is 2.29 bits per heavy atom.